The summed E-state index contributed by atoms with van der Waals surface area (Å²) in [6.45, 7) is 1.63. The Morgan fingerprint density at radius 1 is 0.921 bits per heavy atom. The lowest BCUT2D eigenvalue weighted by Gasteiger charge is -2.22. The molecule has 6 nitrogen and oxygen atoms in total. The fourth-order valence-corrected chi connectivity index (χ4v) is 7.59. The van der Waals surface area contributed by atoms with Crippen molar-refractivity contribution in [3.8, 4) is 5.75 Å². The lowest BCUT2D eigenvalue weighted by Crippen LogP contribution is -2.42. The molecule has 0 N–H and O–H groups in total. The van der Waals surface area contributed by atoms with Crippen LogP contribution in [-0.2, 0) is 16.2 Å². The Hall–Kier alpha value is -2.12. The van der Waals surface area contributed by atoms with E-state index in [4.69, 9.17) is 4.74 Å². The van der Waals surface area contributed by atoms with Gasteiger partial charge in [-0.25, -0.2) is 0 Å². The number of thioether (sulfide) groups is 1. The van der Waals surface area contributed by atoms with E-state index in [1.807, 2.05) is 24.3 Å². The fourth-order valence-electron chi connectivity index (χ4n) is 4.63. The van der Waals surface area contributed by atoms with Crippen LogP contribution in [0.2, 0.25) is 0 Å². The second-order valence-electron chi connectivity index (χ2n) is 9.35. The Labute approximate surface area is 253 Å². The van der Waals surface area contributed by atoms with E-state index in [2.05, 4.69) is 75.5 Å². The Morgan fingerprint density at radius 3 is 2.32 bits per heavy atom. The summed E-state index contributed by atoms with van der Waals surface area (Å²) in [5, 5.41) is 1.97. The van der Waals surface area contributed by atoms with Gasteiger partial charge in [0.25, 0.3) is 11.1 Å². The lowest BCUT2D eigenvalue weighted by molar-refractivity contribution is -0.135. The van der Waals surface area contributed by atoms with Crippen molar-refractivity contribution in [2.45, 2.75) is 32.3 Å². The maximum atomic E-state index is 13.0. The van der Waals surface area contributed by atoms with E-state index in [1.54, 1.807) is 11.0 Å². The first-order chi connectivity index (χ1) is 18.4. The molecule has 0 spiro atoms. The number of ether oxygens (including phenoxy) is 1. The van der Waals surface area contributed by atoms with Crippen molar-refractivity contribution < 1.29 is 19.1 Å². The molecule has 3 amide bonds. The predicted octanol–water partition coefficient (Wildman–Crippen LogP) is 7.07. The number of halogens is 2. The molecule has 38 heavy (non-hydrogen) atoms. The van der Waals surface area contributed by atoms with Gasteiger partial charge in [0, 0.05) is 13.1 Å². The van der Waals surface area contributed by atoms with Crippen molar-refractivity contribution in [2.75, 3.05) is 19.6 Å². The summed E-state index contributed by atoms with van der Waals surface area (Å²) in [4.78, 5) is 41.5. The summed E-state index contributed by atoms with van der Waals surface area (Å²) in [7, 11) is 0. The van der Waals surface area contributed by atoms with Crippen LogP contribution in [0.1, 0.15) is 36.8 Å². The quantitative estimate of drug-likeness (QED) is 0.199. The van der Waals surface area contributed by atoms with Crippen LogP contribution >= 0.6 is 56.9 Å². The summed E-state index contributed by atoms with van der Waals surface area (Å²) in [6, 6.07) is 18.4. The molecule has 9 heteroatoms. The molecule has 0 saturated carbocycles. The number of nitrogens with zero attached hydrogens (tertiary/aromatic N) is 2. The molecule has 2 aliphatic rings. The smallest absolute Gasteiger partial charge is 0.294 e. The number of likely N-dealkylation sites (tertiary alicyclic amines) is 1. The Bertz CT molecular complexity index is 1410. The Morgan fingerprint density at radius 2 is 1.61 bits per heavy atom. The zero-order chi connectivity index (χ0) is 26.6. The van der Waals surface area contributed by atoms with E-state index in [-0.39, 0.29) is 12.5 Å². The molecule has 3 aromatic rings. The van der Waals surface area contributed by atoms with Crippen molar-refractivity contribution >= 4 is 90.8 Å². The zero-order valence-electron chi connectivity index (χ0n) is 20.6. The zero-order valence-corrected chi connectivity index (χ0v) is 25.8. The third kappa shape index (κ3) is 6.36. The van der Waals surface area contributed by atoms with Gasteiger partial charge in [-0.1, -0.05) is 49.2 Å². The molecule has 0 atom stereocenters. The molecule has 2 fully saturated rings. The maximum absolute atomic E-state index is 13.0. The van der Waals surface area contributed by atoms with Gasteiger partial charge >= 0.3 is 0 Å². The van der Waals surface area contributed by atoms with Crippen LogP contribution in [-0.4, -0.2) is 46.5 Å². The second kappa shape index (κ2) is 12.4. The van der Waals surface area contributed by atoms with Crippen LogP contribution in [0, 0.1) is 7.14 Å². The van der Waals surface area contributed by atoms with Gasteiger partial charge in [0.15, 0.2) is 0 Å². The van der Waals surface area contributed by atoms with Gasteiger partial charge in [-0.15, -0.1) is 0 Å². The number of amides is 3. The fraction of sp³-hybridized carbons (Fsp3) is 0.276. The second-order valence-corrected chi connectivity index (χ2v) is 12.7. The van der Waals surface area contributed by atoms with Crippen LogP contribution in [0.3, 0.4) is 0 Å². The normalized spacial score (nSPS) is 17.4. The number of imide groups is 1. The molecule has 5 rings (SSSR count). The summed E-state index contributed by atoms with van der Waals surface area (Å²) in [6.07, 6.45) is 5.87. The molecule has 2 heterocycles. The summed E-state index contributed by atoms with van der Waals surface area (Å²) in [5.41, 5.74) is 1.89. The molecule has 0 aliphatic carbocycles. The van der Waals surface area contributed by atoms with E-state index >= 15 is 0 Å². The Kier molecular flexibility index (Phi) is 8.94. The van der Waals surface area contributed by atoms with E-state index in [0.717, 1.165) is 66.4 Å². The molecule has 196 valence electrons. The minimum absolute atomic E-state index is 0.160. The molecule has 0 radical (unpaired) electrons. The van der Waals surface area contributed by atoms with E-state index < -0.39 is 11.1 Å². The average molecular weight is 752 g/mol. The number of carbonyl (C=O) groups excluding carboxylic acids is 3. The maximum Gasteiger partial charge on any atom is 0.294 e. The van der Waals surface area contributed by atoms with Crippen molar-refractivity contribution in [1.82, 2.24) is 9.80 Å². The van der Waals surface area contributed by atoms with Crippen molar-refractivity contribution in [1.29, 1.82) is 0 Å². The van der Waals surface area contributed by atoms with Crippen LogP contribution < -0.4 is 4.74 Å². The van der Waals surface area contributed by atoms with Gasteiger partial charge in [0.2, 0.25) is 5.91 Å². The first kappa shape index (κ1) is 27.4. The predicted molar refractivity (Wildman–Crippen MR) is 168 cm³/mol. The standard InChI is InChI=1S/C29H26I2N2O4S/c30-23-14-20(15-24(31)27(23)37-18-19-9-10-21-7-3-4-8-22(21)13-19)16-25-28(35)33(29(36)38-25)17-26(34)32-11-5-1-2-6-12-32/h3-4,7-10,13-16H,1-2,5-6,11-12,17-18H2. The Balaban J connectivity index is 1.26. The van der Waals surface area contributed by atoms with Crippen molar-refractivity contribution in [2.24, 2.45) is 0 Å². The largest absolute Gasteiger partial charge is 0.487 e. The van der Waals surface area contributed by atoms with Gasteiger partial charge in [0.05, 0.1) is 12.0 Å². The number of fused-ring (bicyclic) bond motifs is 1. The molecule has 0 bridgehead atoms. The van der Waals surface area contributed by atoms with Gasteiger partial charge in [0.1, 0.15) is 18.9 Å². The highest BCUT2D eigenvalue weighted by Gasteiger charge is 2.37. The minimum atomic E-state index is -0.412. The monoisotopic (exact) mass is 752 g/mol. The molecular weight excluding hydrogens is 726 g/mol. The average Bonchev–Trinajstić information content (AvgIpc) is 3.09. The SMILES string of the molecule is O=C(CN1C(=O)SC(=Cc2cc(I)c(OCc3ccc4ccccc4c3)c(I)c2)C1=O)N1CCCCCC1. The van der Waals surface area contributed by atoms with Crippen molar-refractivity contribution in [3.63, 3.8) is 0 Å². The summed E-state index contributed by atoms with van der Waals surface area (Å²) >= 11 is 5.35. The van der Waals surface area contributed by atoms with Crippen LogP contribution in [0.5, 0.6) is 5.75 Å². The molecule has 2 saturated heterocycles. The highest BCUT2D eigenvalue weighted by molar-refractivity contribution is 14.1. The van der Waals surface area contributed by atoms with Gasteiger partial charge < -0.3 is 9.64 Å². The molecule has 0 aromatic heterocycles. The van der Waals surface area contributed by atoms with Crippen LogP contribution in [0.15, 0.2) is 59.5 Å². The third-order valence-corrected chi connectivity index (χ3v) is 9.15. The number of hydrogen-bond acceptors (Lipinski definition) is 5. The highest BCUT2D eigenvalue weighted by Crippen LogP contribution is 2.35. The number of hydrogen-bond donors (Lipinski definition) is 0. The molecular formula is C29H26I2N2O4S. The van der Waals surface area contributed by atoms with Crippen LogP contribution in [0.4, 0.5) is 4.79 Å². The highest BCUT2D eigenvalue weighted by atomic mass is 127. The van der Waals surface area contributed by atoms with E-state index in [9.17, 15) is 14.4 Å². The minimum Gasteiger partial charge on any atom is -0.487 e. The van der Waals surface area contributed by atoms with Gasteiger partial charge in [-0.3, -0.25) is 19.3 Å². The molecule has 3 aromatic carbocycles. The molecule has 0 unspecified atom stereocenters. The molecule has 2 aliphatic heterocycles. The number of carbonyl (C=O) groups is 3. The summed E-state index contributed by atoms with van der Waals surface area (Å²) in [5.74, 6) is 0.213. The topological polar surface area (TPSA) is 66.9 Å². The number of rotatable bonds is 6. The van der Waals surface area contributed by atoms with Crippen LogP contribution in [0.25, 0.3) is 16.8 Å². The number of benzene rings is 3. The van der Waals surface area contributed by atoms with Gasteiger partial charge in [-0.05, 0) is 116 Å². The van der Waals surface area contributed by atoms with E-state index in [1.165, 1.54) is 10.8 Å². The first-order valence-corrected chi connectivity index (χ1v) is 15.5. The van der Waals surface area contributed by atoms with Gasteiger partial charge in [-0.2, -0.15) is 0 Å². The van der Waals surface area contributed by atoms with E-state index in [0.29, 0.717) is 24.6 Å². The van der Waals surface area contributed by atoms with Crippen molar-refractivity contribution in [3.05, 3.63) is 77.8 Å². The third-order valence-electron chi connectivity index (χ3n) is 6.64. The summed E-state index contributed by atoms with van der Waals surface area (Å²) < 4.78 is 8.01. The lowest BCUT2D eigenvalue weighted by atomic mass is 10.1. The first-order valence-electron chi connectivity index (χ1n) is 12.5.